The first kappa shape index (κ1) is 24.8. The minimum Gasteiger partial charge on any atom is -0.427 e. The van der Waals surface area contributed by atoms with Gasteiger partial charge < -0.3 is 20.3 Å². The van der Waals surface area contributed by atoms with Crippen LogP contribution in [0.4, 0.5) is 15.3 Å². The molecule has 2 N–H and O–H groups in total. The molecule has 37 heavy (non-hydrogen) atoms. The van der Waals surface area contributed by atoms with Crippen LogP contribution in [0.5, 0.6) is 0 Å². The molecule has 1 aliphatic carbocycles. The molecule has 0 unspecified atom stereocenters. The highest BCUT2D eigenvalue weighted by Crippen LogP contribution is 2.46. The molecular weight excluding hydrogens is 472 g/mol. The second-order valence-corrected chi connectivity index (χ2v) is 9.93. The van der Waals surface area contributed by atoms with Crippen LogP contribution in [-0.4, -0.2) is 53.4 Å². The summed E-state index contributed by atoms with van der Waals surface area (Å²) in [7, 11) is 1.53. The van der Waals surface area contributed by atoms with E-state index in [4.69, 9.17) is 4.74 Å². The number of fused-ring (bicyclic) bond motifs is 3. The Morgan fingerprint density at radius 1 is 1.08 bits per heavy atom. The van der Waals surface area contributed by atoms with Gasteiger partial charge in [0.1, 0.15) is 6.54 Å². The number of rotatable bonds is 5. The highest BCUT2D eigenvalue weighted by molar-refractivity contribution is 6.06. The molecule has 1 saturated heterocycles. The van der Waals surface area contributed by atoms with Crippen molar-refractivity contribution in [2.75, 3.05) is 18.9 Å². The molecule has 5 amide bonds. The van der Waals surface area contributed by atoms with E-state index in [-0.39, 0.29) is 24.5 Å². The van der Waals surface area contributed by atoms with E-state index in [0.29, 0.717) is 30.6 Å². The minimum absolute atomic E-state index is 0.0473. The van der Waals surface area contributed by atoms with Gasteiger partial charge in [0.05, 0.1) is 0 Å². The van der Waals surface area contributed by atoms with Crippen LogP contribution in [-0.2, 0) is 39.3 Å². The van der Waals surface area contributed by atoms with Crippen LogP contribution in [0.25, 0.3) is 0 Å². The Labute approximate surface area is 216 Å². The molecule has 2 heterocycles. The number of ether oxygens (including phenoxy) is 1. The van der Waals surface area contributed by atoms with Gasteiger partial charge in [0.2, 0.25) is 11.5 Å². The molecular formula is C28H32N4O5. The number of aryl methyl sites for hydroxylation is 2. The van der Waals surface area contributed by atoms with E-state index >= 15 is 0 Å². The molecule has 0 aromatic heterocycles. The number of urea groups is 1. The average Bonchev–Trinajstić information content (AvgIpc) is 3.28. The van der Waals surface area contributed by atoms with E-state index < -0.39 is 17.6 Å². The maximum atomic E-state index is 13.6. The summed E-state index contributed by atoms with van der Waals surface area (Å²) in [4.78, 5) is 54.6. The summed E-state index contributed by atoms with van der Waals surface area (Å²) in [6.07, 6.45) is 3.57. The smallest absolute Gasteiger partial charge is 0.418 e. The van der Waals surface area contributed by atoms with Gasteiger partial charge in [0, 0.05) is 37.3 Å². The molecule has 194 valence electrons. The fraction of sp³-hybridized carbons (Fsp3) is 0.429. The number of nitrogens with one attached hydrogen (secondary N) is 2. The second-order valence-electron chi connectivity index (χ2n) is 9.93. The number of amides is 5. The molecule has 0 bridgehead atoms. The van der Waals surface area contributed by atoms with Crippen molar-refractivity contribution in [2.45, 2.75) is 63.6 Å². The minimum atomic E-state index is -1.42. The number of anilines is 1. The Morgan fingerprint density at radius 2 is 1.86 bits per heavy atom. The topological polar surface area (TPSA) is 108 Å². The van der Waals surface area contributed by atoms with Gasteiger partial charge in [0.25, 0.3) is 5.91 Å². The predicted octanol–water partition coefficient (Wildman–Crippen LogP) is 3.70. The summed E-state index contributed by atoms with van der Waals surface area (Å²) >= 11 is 0. The van der Waals surface area contributed by atoms with Crippen LogP contribution in [0.1, 0.15) is 54.9 Å². The zero-order valence-corrected chi connectivity index (χ0v) is 21.2. The Bertz CT molecular complexity index is 1260. The molecule has 2 aliphatic heterocycles. The molecule has 0 radical (unpaired) electrons. The van der Waals surface area contributed by atoms with Gasteiger partial charge in [-0.2, -0.15) is 0 Å². The highest BCUT2D eigenvalue weighted by Gasteiger charge is 2.58. The SMILES string of the molecule is CCC[C@@H]1CCc2ccccc2CN1C(=O)CN1C(=O)O[C@@]2(CCc3cc(NC(=O)NC)ccc32)C1=O. The van der Waals surface area contributed by atoms with Crippen molar-refractivity contribution in [1.29, 1.82) is 0 Å². The Morgan fingerprint density at radius 3 is 2.62 bits per heavy atom. The standard InChI is InChI=1S/C28H32N4O5/c1-3-6-22-11-9-18-7-4-5-8-20(18)16-31(22)24(33)17-32-25(34)28(37-27(32)36)14-13-19-15-21(10-12-23(19)28)30-26(35)29-2/h4-5,7-8,10,12,15,22H,3,6,9,11,13-14,16-17H2,1-2H3,(H2,29,30,35)/t22-,28-/m1/s1. The van der Waals surface area contributed by atoms with Crippen LogP contribution in [0, 0.1) is 0 Å². The number of nitrogens with zero attached hydrogens (tertiary/aromatic N) is 2. The molecule has 2 aromatic rings. The second kappa shape index (κ2) is 9.88. The summed E-state index contributed by atoms with van der Waals surface area (Å²) in [5.41, 5.74) is 2.94. The first-order valence-electron chi connectivity index (χ1n) is 12.9. The van der Waals surface area contributed by atoms with Crippen molar-refractivity contribution in [3.8, 4) is 0 Å². The van der Waals surface area contributed by atoms with E-state index in [1.54, 1.807) is 18.2 Å². The van der Waals surface area contributed by atoms with E-state index in [2.05, 4.69) is 23.6 Å². The number of benzene rings is 2. The number of imide groups is 1. The lowest BCUT2D eigenvalue weighted by Crippen LogP contribution is -2.47. The lowest BCUT2D eigenvalue weighted by molar-refractivity contribution is -0.143. The molecule has 9 nitrogen and oxygen atoms in total. The largest absolute Gasteiger partial charge is 0.427 e. The quantitative estimate of drug-likeness (QED) is 0.646. The molecule has 5 rings (SSSR count). The van der Waals surface area contributed by atoms with Gasteiger partial charge in [-0.15, -0.1) is 0 Å². The summed E-state index contributed by atoms with van der Waals surface area (Å²) in [6, 6.07) is 13.0. The fourth-order valence-corrected chi connectivity index (χ4v) is 5.82. The van der Waals surface area contributed by atoms with Crippen LogP contribution >= 0.6 is 0 Å². The fourth-order valence-electron chi connectivity index (χ4n) is 5.82. The molecule has 2 atom stereocenters. The van der Waals surface area contributed by atoms with Crippen molar-refractivity contribution in [3.05, 3.63) is 64.7 Å². The molecule has 3 aliphatic rings. The molecule has 2 aromatic carbocycles. The third kappa shape index (κ3) is 4.43. The van der Waals surface area contributed by atoms with Crippen molar-refractivity contribution in [1.82, 2.24) is 15.1 Å². The van der Waals surface area contributed by atoms with Gasteiger partial charge >= 0.3 is 12.1 Å². The van der Waals surface area contributed by atoms with Crippen LogP contribution < -0.4 is 10.6 Å². The maximum absolute atomic E-state index is 13.6. The molecule has 9 heteroatoms. The number of hydrogen-bond donors (Lipinski definition) is 2. The van der Waals surface area contributed by atoms with E-state index in [9.17, 15) is 19.2 Å². The van der Waals surface area contributed by atoms with Crippen molar-refractivity contribution < 1.29 is 23.9 Å². The first-order valence-corrected chi connectivity index (χ1v) is 12.9. The maximum Gasteiger partial charge on any atom is 0.418 e. The third-order valence-corrected chi connectivity index (χ3v) is 7.73. The molecule has 0 saturated carbocycles. The van der Waals surface area contributed by atoms with Gasteiger partial charge in [-0.05, 0) is 54.5 Å². The van der Waals surface area contributed by atoms with E-state index in [1.165, 1.54) is 12.6 Å². The lowest BCUT2D eigenvalue weighted by Gasteiger charge is -2.31. The van der Waals surface area contributed by atoms with E-state index in [1.807, 2.05) is 23.1 Å². The monoisotopic (exact) mass is 504 g/mol. The normalized spacial score (nSPS) is 22.4. The van der Waals surface area contributed by atoms with Crippen LogP contribution in [0.15, 0.2) is 42.5 Å². The summed E-state index contributed by atoms with van der Waals surface area (Å²) < 4.78 is 5.71. The van der Waals surface area contributed by atoms with Gasteiger partial charge in [-0.1, -0.05) is 43.7 Å². The van der Waals surface area contributed by atoms with Crippen LogP contribution in [0.2, 0.25) is 0 Å². The zero-order chi connectivity index (χ0) is 26.2. The lowest BCUT2D eigenvalue weighted by atomic mass is 9.94. The number of hydrogen-bond acceptors (Lipinski definition) is 5. The Kier molecular flexibility index (Phi) is 6.62. The molecule has 1 fully saturated rings. The van der Waals surface area contributed by atoms with Crippen LogP contribution in [0.3, 0.4) is 0 Å². The zero-order valence-electron chi connectivity index (χ0n) is 21.2. The Balaban J connectivity index is 1.36. The third-order valence-electron chi connectivity index (χ3n) is 7.73. The molecule has 1 spiro atoms. The summed E-state index contributed by atoms with van der Waals surface area (Å²) in [6.45, 7) is 2.22. The van der Waals surface area contributed by atoms with Gasteiger partial charge in [0.15, 0.2) is 0 Å². The van der Waals surface area contributed by atoms with E-state index in [0.717, 1.165) is 41.7 Å². The number of carbonyl (C=O) groups is 4. The summed E-state index contributed by atoms with van der Waals surface area (Å²) in [5, 5.41) is 5.21. The highest BCUT2D eigenvalue weighted by atomic mass is 16.6. The summed E-state index contributed by atoms with van der Waals surface area (Å²) in [5.74, 6) is -0.750. The van der Waals surface area contributed by atoms with Gasteiger partial charge in [-0.3, -0.25) is 9.59 Å². The average molecular weight is 505 g/mol. The Hall–Kier alpha value is -3.88. The first-order chi connectivity index (χ1) is 17.9. The van der Waals surface area contributed by atoms with Gasteiger partial charge in [-0.25, -0.2) is 14.5 Å². The van der Waals surface area contributed by atoms with Crippen molar-refractivity contribution >= 4 is 29.6 Å². The predicted molar refractivity (Wildman–Crippen MR) is 137 cm³/mol. The van der Waals surface area contributed by atoms with Crippen molar-refractivity contribution in [2.24, 2.45) is 0 Å². The number of carbonyl (C=O) groups excluding carboxylic acids is 4. The van der Waals surface area contributed by atoms with Crippen molar-refractivity contribution in [3.63, 3.8) is 0 Å².